The van der Waals surface area contributed by atoms with Gasteiger partial charge in [0.2, 0.25) is 5.95 Å². The molecule has 1 aromatic heterocycles. The molecule has 0 unspecified atom stereocenters. The Balaban J connectivity index is 2.87. The summed E-state index contributed by atoms with van der Waals surface area (Å²) in [6.07, 6.45) is 2.80. The smallest absolute Gasteiger partial charge is 0.221 e. The van der Waals surface area contributed by atoms with Crippen LogP contribution >= 0.6 is 0 Å². The molecule has 4 nitrogen and oxygen atoms in total. The van der Waals surface area contributed by atoms with Gasteiger partial charge in [-0.05, 0) is 26.3 Å². The van der Waals surface area contributed by atoms with Crippen LogP contribution in [0.2, 0.25) is 0 Å². The predicted octanol–water partition coefficient (Wildman–Crippen LogP) is 1.68. The van der Waals surface area contributed by atoms with E-state index in [0.717, 1.165) is 18.8 Å². The van der Waals surface area contributed by atoms with Gasteiger partial charge in [-0.25, -0.2) is 4.98 Å². The van der Waals surface area contributed by atoms with Crippen LogP contribution < -0.4 is 10.6 Å². The Labute approximate surface area is 85.2 Å². The molecule has 0 amide bonds. The van der Waals surface area contributed by atoms with Crippen molar-refractivity contribution in [3.63, 3.8) is 0 Å². The Hall–Kier alpha value is -1.32. The second-order valence-electron chi connectivity index (χ2n) is 3.56. The number of nitrogens with two attached hydrogens (primary N) is 1. The molecule has 0 spiro atoms. The number of rotatable bonds is 4. The van der Waals surface area contributed by atoms with E-state index in [1.807, 2.05) is 6.07 Å². The Morgan fingerprint density at radius 1 is 1.50 bits per heavy atom. The standard InChI is InChI=1S/C10H18N4/c1-4-7-14(8(2)3)9-5-6-12-10(11)13-9/h5-6,8H,4,7H2,1-3H3,(H2,11,12,13). The van der Waals surface area contributed by atoms with Gasteiger partial charge in [0, 0.05) is 18.8 Å². The van der Waals surface area contributed by atoms with Crippen LogP contribution in [0.3, 0.4) is 0 Å². The number of nitrogen functional groups attached to an aromatic ring is 1. The van der Waals surface area contributed by atoms with Crippen LogP contribution in [0, 0.1) is 0 Å². The van der Waals surface area contributed by atoms with Crippen LogP contribution in [0.1, 0.15) is 27.2 Å². The maximum absolute atomic E-state index is 5.54. The third kappa shape index (κ3) is 2.58. The SMILES string of the molecule is CCCN(c1ccnc(N)n1)C(C)C. The van der Waals surface area contributed by atoms with Gasteiger partial charge in [-0.1, -0.05) is 6.92 Å². The summed E-state index contributed by atoms with van der Waals surface area (Å²) in [5.74, 6) is 1.25. The van der Waals surface area contributed by atoms with Crippen molar-refractivity contribution in [1.82, 2.24) is 9.97 Å². The fourth-order valence-electron chi connectivity index (χ4n) is 1.40. The highest BCUT2D eigenvalue weighted by Gasteiger charge is 2.10. The first-order valence-electron chi connectivity index (χ1n) is 5.00. The van der Waals surface area contributed by atoms with Gasteiger partial charge < -0.3 is 10.6 Å². The third-order valence-corrected chi connectivity index (χ3v) is 2.04. The fraction of sp³-hybridized carbons (Fsp3) is 0.600. The predicted molar refractivity (Wildman–Crippen MR) is 59.2 cm³/mol. The summed E-state index contributed by atoms with van der Waals surface area (Å²) in [5, 5.41) is 0. The lowest BCUT2D eigenvalue weighted by molar-refractivity contribution is 0.662. The summed E-state index contributed by atoms with van der Waals surface area (Å²) in [4.78, 5) is 10.3. The summed E-state index contributed by atoms with van der Waals surface area (Å²) in [7, 11) is 0. The Bertz CT molecular complexity index is 285. The monoisotopic (exact) mass is 194 g/mol. The average molecular weight is 194 g/mol. The molecule has 1 heterocycles. The Morgan fingerprint density at radius 3 is 2.71 bits per heavy atom. The molecule has 0 saturated heterocycles. The second-order valence-corrected chi connectivity index (χ2v) is 3.56. The van der Waals surface area contributed by atoms with Crippen molar-refractivity contribution in [2.24, 2.45) is 0 Å². The van der Waals surface area contributed by atoms with Gasteiger partial charge in [0.15, 0.2) is 0 Å². The molecule has 0 atom stereocenters. The highest BCUT2D eigenvalue weighted by molar-refractivity contribution is 5.41. The van der Waals surface area contributed by atoms with Gasteiger partial charge in [-0.15, -0.1) is 0 Å². The van der Waals surface area contributed by atoms with Gasteiger partial charge in [0.25, 0.3) is 0 Å². The van der Waals surface area contributed by atoms with Crippen LogP contribution in [0.25, 0.3) is 0 Å². The summed E-state index contributed by atoms with van der Waals surface area (Å²) in [5.41, 5.74) is 5.54. The van der Waals surface area contributed by atoms with E-state index in [0.29, 0.717) is 12.0 Å². The maximum atomic E-state index is 5.54. The largest absolute Gasteiger partial charge is 0.368 e. The molecule has 14 heavy (non-hydrogen) atoms. The zero-order valence-electron chi connectivity index (χ0n) is 9.07. The first-order chi connectivity index (χ1) is 6.65. The van der Waals surface area contributed by atoms with E-state index in [4.69, 9.17) is 5.73 Å². The lowest BCUT2D eigenvalue weighted by Gasteiger charge is -2.27. The number of nitrogens with zero attached hydrogens (tertiary/aromatic N) is 3. The molecular weight excluding hydrogens is 176 g/mol. The lowest BCUT2D eigenvalue weighted by Crippen LogP contribution is -2.32. The van der Waals surface area contributed by atoms with Crippen LogP contribution in [0.5, 0.6) is 0 Å². The summed E-state index contributed by atoms with van der Waals surface area (Å²) in [6.45, 7) is 7.44. The molecule has 0 aliphatic heterocycles. The topological polar surface area (TPSA) is 55.0 Å². The van der Waals surface area contributed by atoms with Crippen molar-refractivity contribution in [3.8, 4) is 0 Å². The molecule has 2 N–H and O–H groups in total. The van der Waals surface area contributed by atoms with Crippen molar-refractivity contribution < 1.29 is 0 Å². The summed E-state index contributed by atoms with van der Waals surface area (Å²) < 4.78 is 0. The highest BCUT2D eigenvalue weighted by Crippen LogP contribution is 2.14. The minimum atomic E-state index is 0.337. The molecule has 0 radical (unpaired) electrons. The molecule has 0 aliphatic carbocycles. The Morgan fingerprint density at radius 2 is 2.21 bits per heavy atom. The maximum Gasteiger partial charge on any atom is 0.221 e. The molecule has 0 bridgehead atoms. The average Bonchev–Trinajstić information content (AvgIpc) is 2.13. The van der Waals surface area contributed by atoms with Crippen LogP contribution in [0.15, 0.2) is 12.3 Å². The zero-order chi connectivity index (χ0) is 10.6. The van der Waals surface area contributed by atoms with Gasteiger partial charge in [0.1, 0.15) is 5.82 Å². The minimum Gasteiger partial charge on any atom is -0.368 e. The van der Waals surface area contributed by atoms with Crippen LogP contribution in [0.4, 0.5) is 11.8 Å². The highest BCUT2D eigenvalue weighted by atomic mass is 15.2. The van der Waals surface area contributed by atoms with Gasteiger partial charge in [0.05, 0.1) is 0 Å². The van der Waals surface area contributed by atoms with Crippen molar-refractivity contribution in [1.29, 1.82) is 0 Å². The van der Waals surface area contributed by atoms with Gasteiger partial charge in [-0.3, -0.25) is 0 Å². The molecule has 0 aliphatic rings. The molecule has 78 valence electrons. The van der Waals surface area contributed by atoms with E-state index >= 15 is 0 Å². The van der Waals surface area contributed by atoms with E-state index in [9.17, 15) is 0 Å². The molecule has 0 aromatic carbocycles. The molecular formula is C10H18N4. The van der Waals surface area contributed by atoms with E-state index in [1.165, 1.54) is 0 Å². The first kappa shape index (κ1) is 10.8. The minimum absolute atomic E-state index is 0.337. The van der Waals surface area contributed by atoms with Gasteiger partial charge in [-0.2, -0.15) is 4.98 Å². The summed E-state index contributed by atoms with van der Waals surface area (Å²) in [6, 6.07) is 2.33. The van der Waals surface area contributed by atoms with Crippen LogP contribution in [-0.2, 0) is 0 Å². The number of aromatic nitrogens is 2. The van der Waals surface area contributed by atoms with Crippen molar-refractivity contribution in [2.75, 3.05) is 17.2 Å². The molecule has 0 saturated carbocycles. The van der Waals surface area contributed by atoms with E-state index in [1.54, 1.807) is 6.20 Å². The van der Waals surface area contributed by atoms with E-state index < -0.39 is 0 Å². The van der Waals surface area contributed by atoms with Crippen molar-refractivity contribution >= 4 is 11.8 Å². The van der Waals surface area contributed by atoms with E-state index in [-0.39, 0.29) is 0 Å². The third-order valence-electron chi connectivity index (χ3n) is 2.04. The first-order valence-corrected chi connectivity index (χ1v) is 5.00. The molecule has 1 aromatic rings. The fourth-order valence-corrected chi connectivity index (χ4v) is 1.40. The van der Waals surface area contributed by atoms with Crippen molar-refractivity contribution in [2.45, 2.75) is 33.2 Å². The van der Waals surface area contributed by atoms with E-state index in [2.05, 4.69) is 35.6 Å². The number of hydrogen-bond donors (Lipinski definition) is 1. The number of hydrogen-bond acceptors (Lipinski definition) is 4. The second kappa shape index (κ2) is 4.79. The van der Waals surface area contributed by atoms with Crippen LogP contribution in [-0.4, -0.2) is 22.6 Å². The molecule has 0 fully saturated rings. The number of anilines is 2. The normalized spacial score (nSPS) is 10.6. The quantitative estimate of drug-likeness (QED) is 0.792. The molecule has 1 rings (SSSR count). The lowest BCUT2D eigenvalue weighted by atomic mass is 10.3. The van der Waals surface area contributed by atoms with Gasteiger partial charge >= 0.3 is 0 Å². The molecule has 4 heteroatoms. The summed E-state index contributed by atoms with van der Waals surface area (Å²) >= 11 is 0. The van der Waals surface area contributed by atoms with Crippen molar-refractivity contribution in [3.05, 3.63) is 12.3 Å². The Kier molecular flexibility index (Phi) is 3.68. The zero-order valence-corrected chi connectivity index (χ0v) is 9.07.